The van der Waals surface area contributed by atoms with E-state index in [0.29, 0.717) is 23.7 Å². The normalized spacial score (nSPS) is 11.7. The van der Waals surface area contributed by atoms with Gasteiger partial charge >= 0.3 is 6.18 Å². The number of anilines is 1. The highest BCUT2D eigenvalue weighted by Gasteiger charge is 2.31. The van der Waals surface area contributed by atoms with Crippen molar-refractivity contribution in [2.45, 2.75) is 18.3 Å². The molecule has 5 nitrogen and oxygen atoms in total. The first kappa shape index (κ1) is 20.9. The number of benzene rings is 1. The third-order valence-electron chi connectivity index (χ3n) is 3.27. The van der Waals surface area contributed by atoms with Crippen molar-refractivity contribution >= 4 is 29.6 Å². The summed E-state index contributed by atoms with van der Waals surface area (Å²) in [5, 5.41) is 7.34. The van der Waals surface area contributed by atoms with Crippen LogP contribution in [0.4, 0.5) is 18.9 Å². The zero-order valence-corrected chi connectivity index (χ0v) is 15.3. The minimum Gasteiger partial charge on any atom is -0.468 e. The molecule has 27 heavy (non-hydrogen) atoms. The maximum absolute atomic E-state index is 12.7. The zero-order chi connectivity index (χ0) is 19.5. The molecule has 1 heterocycles. The van der Waals surface area contributed by atoms with E-state index in [4.69, 9.17) is 4.42 Å². The minimum atomic E-state index is -4.40. The van der Waals surface area contributed by atoms with Crippen molar-refractivity contribution < 1.29 is 22.4 Å². The lowest BCUT2D eigenvalue weighted by Gasteiger charge is -2.20. The Morgan fingerprint density at radius 3 is 2.67 bits per heavy atom. The molecule has 146 valence electrons. The van der Waals surface area contributed by atoms with Crippen molar-refractivity contribution in [2.24, 2.45) is 5.10 Å². The summed E-state index contributed by atoms with van der Waals surface area (Å²) in [6, 6.07) is 11.7. The maximum Gasteiger partial charge on any atom is 0.408 e. The second kappa shape index (κ2) is 10.7. The molecule has 0 aliphatic carbocycles. The number of carbonyl (C=O) groups excluding carboxylic acids is 1. The predicted molar refractivity (Wildman–Crippen MR) is 101 cm³/mol. The minimum absolute atomic E-state index is 0.0932. The van der Waals surface area contributed by atoms with Crippen LogP contribution in [0.5, 0.6) is 0 Å². The largest absolute Gasteiger partial charge is 0.468 e. The smallest absolute Gasteiger partial charge is 0.408 e. The van der Waals surface area contributed by atoms with E-state index in [9.17, 15) is 18.0 Å². The van der Waals surface area contributed by atoms with Crippen LogP contribution in [-0.4, -0.2) is 37.1 Å². The molecule has 1 N–H and O–H groups in total. The molecule has 9 heteroatoms. The number of hydrogen-bond donors (Lipinski definition) is 1. The number of hydrazone groups is 1. The number of para-hydroxylation sites is 1. The summed E-state index contributed by atoms with van der Waals surface area (Å²) in [5.74, 6) is 1.99. The van der Waals surface area contributed by atoms with Gasteiger partial charge in [0.1, 0.15) is 12.3 Å². The van der Waals surface area contributed by atoms with Gasteiger partial charge in [-0.2, -0.15) is 30.0 Å². The Balaban J connectivity index is 1.72. The van der Waals surface area contributed by atoms with Gasteiger partial charge < -0.3 is 9.73 Å². The van der Waals surface area contributed by atoms with Gasteiger partial charge in [-0.25, -0.2) is 0 Å². The molecular weight excluding hydrogens is 379 g/mol. The highest BCUT2D eigenvalue weighted by atomic mass is 32.2. The van der Waals surface area contributed by atoms with E-state index in [1.807, 2.05) is 12.1 Å². The molecule has 0 saturated heterocycles. The highest BCUT2D eigenvalue weighted by Crippen LogP contribution is 2.22. The number of alkyl halides is 3. The number of furan rings is 1. The van der Waals surface area contributed by atoms with E-state index in [0.717, 1.165) is 10.8 Å². The molecule has 1 aromatic carbocycles. The van der Waals surface area contributed by atoms with Crippen LogP contribution >= 0.6 is 11.8 Å². The van der Waals surface area contributed by atoms with Gasteiger partial charge in [-0.05, 0) is 24.3 Å². The summed E-state index contributed by atoms with van der Waals surface area (Å²) in [5.41, 5.74) is 0.306. The Morgan fingerprint density at radius 1 is 1.22 bits per heavy atom. The molecule has 0 spiro atoms. The molecular formula is C18H20F3N3O2S. The van der Waals surface area contributed by atoms with Crippen molar-refractivity contribution in [1.29, 1.82) is 0 Å². The van der Waals surface area contributed by atoms with Crippen LogP contribution in [0.15, 0.2) is 58.2 Å². The van der Waals surface area contributed by atoms with Gasteiger partial charge in [0.05, 0.1) is 24.1 Å². The molecule has 2 rings (SSSR count). The van der Waals surface area contributed by atoms with Gasteiger partial charge in [0.15, 0.2) is 0 Å². The van der Waals surface area contributed by atoms with E-state index >= 15 is 0 Å². The van der Waals surface area contributed by atoms with Crippen molar-refractivity contribution in [1.82, 2.24) is 5.32 Å². The summed E-state index contributed by atoms with van der Waals surface area (Å²) in [7, 11) is 0. The topological polar surface area (TPSA) is 57.8 Å². The monoisotopic (exact) mass is 399 g/mol. The van der Waals surface area contributed by atoms with E-state index in [1.54, 1.807) is 36.2 Å². The quantitative estimate of drug-likeness (QED) is 0.372. The van der Waals surface area contributed by atoms with E-state index < -0.39 is 12.7 Å². The number of nitrogens with one attached hydrogen (secondary N) is 1. The van der Waals surface area contributed by atoms with Gasteiger partial charge in [0.2, 0.25) is 5.91 Å². The molecule has 0 fully saturated rings. The lowest BCUT2D eigenvalue weighted by atomic mass is 10.3. The summed E-state index contributed by atoms with van der Waals surface area (Å²) in [4.78, 5) is 11.8. The van der Waals surface area contributed by atoms with Crippen LogP contribution in [0, 0.1) is 0 Å². The van der Waals surface area contributed by atoms with Gasteiger partial charge in [0.25, 0.3) is 0 Å². The molecule has 2 aromatic rings. The van der Waals surface area contributed by atoms with E-state index in [2.05, 4.69) is 10.4 Å². The SMILES string of the molecule is O=C(C/C=N\N(CC(F)(F)F)c1ccccc1)NCCSCc1ccco1. The average molecular weight is 399 g/mol. The number of rotatable bonds is 10. The standard InChI is InChI=1S/C18H20F3N3O2S/c19-18(20,21)14-24(15-5-2-1-3-6-15)23-9-8-17(25)22-10-12-27-13-16-7-4-11-26-16/h1-7,9,11H,8,10,12-14H2,(H,22,25)/b23-9-. The third kappa shape index (κ3) is 8.67. The molecule has 0 aliphatic rings. The first-order valence-electron chi connectivity index (χ1n) is 8.22. The average Bonchev–Trinajstić information content (AvgIpc) is 3.14. The molecule has 0 radical (unpaired) electrons. The summed E-state index contributed by atoms with van der Waals surface area (Å²) < 4.78 is 43.3. The molecule has 0 aliphatic heterocycles. The zero-order valence-electron chi connectivity index (χ0n) is 14.5. The highest BCUT2D eigenvalue weighted by molar-refractivity contribution is 7.98. The van der Waals surface area contributed by atoms with Gasteiger partial charge in [-0.1, -0.05) is 18.2 Å². The van der Waals surface area contributed by atoms with Crippen molar-refractivity contribution in [2.75, 3.05) is 23.9 Å². The third-order valence-corrected chi connectivity index (χ3v) is 4.26. The molecule has 0 bridgehead atoms. The van der Waals surface area contributed by atoms with Gasteiger partial charge in [-0.15, -0.1) is 0 Å². The Labute approximate surface area is 159 Å². The Morgan fingerprint density at radius 2 is 2.00 bits per heavy atom. The summed E-state index contributed by atoms with van der Waals surface area (Å²) in [6.45, 7) is -0.762. The number of thioether (sulfide) groups is 1. The van der Waals surface area contributed by atoms with E-state index in [-0.39, 0.29) is 12.3 Å². The first-order valence-corrected chi connectivity index (χ1v) is 9.38. The second-order valence-electron chi connectivity index (χ2n) is 5.49. The van der Waals surface area contributed by atoms with Crippen molar-refractivity contribution in [3.05, 3.63) is 54.5 Å². The summed E-state index contributed by atoms with van der Waals surface area (Å²) >= 11 is 1.61. The van der Waals surface area contributed by atoms with Crippen LogP contribution < -0.4 is 10.3 Å². The molecule has 0 unspecified atom stereocenters. The van der Waals surface area contributed by atoms with Crippen LogP contribution in [0.1, 0.15) is 12.2 Å². The Kier molecular flexibility index (Phi) is 8.25. The van der Waals surface area contributed by atoms with Gasteiger partial charge in [0, 0.05) is 18.5 Å². The fourth-order valence-corrected chi connectivity index (χ4v) is 2.85. The predicted octanol–water partition coefficient (Wildman–Crippen LogP) is 4.07. The lowest BCUT2D eigenvalue weighted by molar-refractivity contribution is -0.120. The van der Waals surface area contributed by atoms with Crippen LogP contribution in [-0.2, 0) is 10.5 Å². The van der Waals surface area contributed by atoms with Crippen molar-refractivity contribution in [3.63, 3.8) is 0 Å². The number of amides is 1. The Hall–Kier alpha value is -2.42. The van der Waals surface area contributed by atoms with Crippen LogP contribution in [0.2, 0.25) is 0 Å². The molecule has 0 atom stereocenters. The van der Waals surface area contributed by atoms with E-state index in [1.165, 1.54) is 18.3 Å². The summed E-state index contributed by atoms with van der Waals surface area (Å²) in [6.07, 6.45) is -1.71. The second-order valence-corrected chi connectivity index (χ2v) is 6.60. The van der Waals surface area contributed by atoms with Crippen LogP contribution in [0.3, 0.4) is 0 Å². The molecule has 1 amide bonds. The van der Waals surface area contributed by atoms with Gasteiger partial charge in [-0.3, -0.25) is 9.80 Å². The molecule has 1 aromatic heterocycles. The van der Waals surface area contributed by atoms with Crippen LogP contribution in [0.25, 0.3) is 0 Å². The van der Waals surface area contributed by atoms with Crippen molar-refractivity contribution in [3.8, 4) is 0 Å². The molecule has 0 saturated carbocycles. The number of halogens is 3. The number of nitrogens with zero attached hydrogens (tertiary/aromatic N) is 2. The maximum atomic E-state index is 12.7. The first-order chi connectivity index (χ1) is 12.9. The fraction of sp³-hybridized carbons (Fsp3) is 0.333. The number of carbonyl (C=O) groups is 1. The lowest BCUT2D eigenvalue weighted by Crippen LogP contribution is -2.31. The number of hydrogen-bond acceptors (Lipinski definition) is 5. The fourth-order valence-electron chi connectivity index (χ4n) is 2.09. The Bertz CT molecular complexity index is 706.